The normalized spacial score (nSPS) is 20.6. The largest absolute Gasteiger partial charge is 0.358 e. The third-order valence-corrected chi connectivity index (χ3v) is 3.24. The minimum atomic E-state index is 1.14. The second kappa shape index (κ2) is 7.35. The molecule has 1 aromatic rings. The number of hydrogen-bond donors (Lipinski definition) is 3. The number of piperazine rings is 1. The molecule has 0 atom stereocenters. The molecule has 2 aliphatic heterocycles. The summed E-state index contributed by atoms with van der Waals surface area (Å²) in [6.45, 7) is 7.00. The molecule has 4 nitrogen and oxygen atoms in total. The van der Waals surface area contributed by atoms with Crippen LogP contribution < -0.4 is 15.5 Å². The van der Waals surface area contributed by atoms with Gasteiger partial charge in [0.1, 0.15) is 5.82 Å². The number of anilines is 1. The molecule has 0 saturated carbocycles. The summed E-state index contributed by atoms with van der Waals surface area (Å²) >= 11 is 0. The van der Waals surface area contributed by atoms with Gasteiger partial charge in [-0.05, 0) is 31.4 Å². The highest BCUT2D eigenvalue weighted by molar-refractivity contribution is 5.38. The molecule has 0 aliphatic carbocycles. The smallest absolute Gasteiger partial charge is 0.105 e. The lowest BCUT2D eigenvalue weighted by Crippen LogP contribution is -2.39. The maximum atomic E-state index is 3.23. The molecular formula is C13H24N4. The lowest BCUT2D eigenvalue weighted by molar-refractivity contribution is 0.534. The number of hydrogen-bond acceptors (Lipinski definition) is 3. The fourth-order valence-electron chi connectivity index (χ4n) is 2.26. The highest BCUT2D eigenvalue weighted by Gasteiger charge is 2.10. The Morgan fingerprint density at radius 3 is 2.00 bits per heavy atom. The Morgan fingerprint density at radius 2 is 1.53 bits per heavy atom. The molecule has 17 heavy (non-hydrogen) atoms. The zero-order valence-electron chi connectivity index (χ0n) is 10.5. The van der Waals surface area contributed by atoms with E-state index < -0.39 is 0 Å². The van der Waals surface area contributed by atoms with Crippen molar-refractivity contribution in [1.29, 1.82) is 0 Å². The molecule has 2 saturated heterocycles. The number of nitrogens with zero attached hydrogens (tertiary/aromatic N) is 1. The number of rotatable bonds is 1. The Balaban J connectivity index is 0.000000153. The van der Waals surface area contributed by atoms with Crippen LogP contribution in [0.5, 0.6) is 0 Å². The molecule has 2 aliphatic rings. The number of nitrogens with one attached hydrogen (secondary N) is 3. The van der Waals surface area contributed by atoms with E-state index in [2.05, 4.69) is 32.7 Å². The molecule has 3 rings (SSSR count). The molecule has 3 heterocycles. The van der Waals surface area contributed by atoms with Crippen molar-refractivity contribution in [2.75, 3.05) is 44.2 Å². The van der Waals surface area contributed by atoms with Crippen LogP contribution in [0, 0.1) is 0 Å². The van der Waals surface area contributed by atoms with Crippen LogP contribution in [0.2, 0.25) is 0 Å². The fraction of sp³-hybridized carbons (Fsp3) is 0.692. The summed E-state index contributed by atoms with van der Waals surface area (Å²) in [6, 6.07) is 4.20. The minimum absolute atomic E-state index is 1.14. The summed E-state index contributed by atoms with van der Waals surface area (Å²) in [7, 11) is 0. The van der Waals surface area contributed by atoms with Gasteiger partial charge in [-0.2, -0.15) is 0 Å². The summed E-state index contributed by atoms with van der Waals surface area (Å²) in [5.74, 6) is 1.28. The van der Waals surface area contributed by atoms with E-state index in [1.54, 1.807) is 0 Å². The summed E-state index contributed by atoms with van der Waals surface area (Å²) < 4.78 is 0. The van der Waals surface area contributed by atoms with Gasteiger partial charge in [0.2, 0.25) is 0 Å². The summed E-state index contributed by atoms with van der Waals surface area (Å²) in [4.78, 5) is 5.65. The predicted octanol–water partition coefficient (Wildman–Crippen LogP) is 1.18. The van der Waals surface area contributed by atoms with Crippen molar-refractivity contribution in [3.05, 3.63) is 18.3 Å². The van der Waals surface area contributed by atoms with E-state index in [9.17, 15) is 0 Å². The first-order chi connectivity index (χ1) is 8.47. The van der Waals surface area contributed by atoms with Crippen molar-refractivity contribution in [2.24, 2.45) is 0 Å². The third-order valence-electron chi connectivity index (χ3n) is 3.24. The second-order valence-corrected chi connectivity index (χ2v) is 4.60. The molecule has 0 aromatic carbocycles. The van der Waals surface area contributed by atoms with Gasteiger partial charge in [0.15, 0.2) is 0 Å². The molecule has 1 aromatic heterocycles. The van der Waals surface area contributed by atoms with Crippen LogP contribution in [-0.2, 0) is 0 Å². The average Bonchev–Trinajstić information content (AvgIpc) is 2.96. The number of H-pyrrole nitrogens is 1. The van der Waals surface area contributed by atoms with E-state index in [1.807, 2.05) is 6.20 Å². The number of piperidine rings is 1. The topological polar surface area (TPSA) is 43.1 Å². The first kappa shape index (κ1) is 12.5. The molecule has 0 spiro atoms. The average molecular weight is 236 g/mol. The van der Waals surface area contributed by atoms with Crippen molar-refractivity contribution < 1.29 is 0 Å². The Labute approximate surface area is 104 Å². The van der Waals surface area contributed by atoms with Crippen LogP contribution in [0.25, 0.3) is 0 Å². The molecule has 4 heteroatoms. The quantitative estimate of drug-likeness (QED) is 0.686. The van der Waals surface area contributed by atoms with Crippen LogP contribution in [0.4, 0.5) is 5.82 Å². The molecule has 0 amide bonds. The van der Waals surface area contributed by atoms with Crippen LogP contribution >= 0.6 is 0 Å². The first-order valence-corrected chi connectivity index (χ1v) is 6.76. The van der Waals surface area contributed by atoms with Gasteiger partial charge in [-0.1, -0.05) is 0 Å². The van der Waals surface area contributed by atoms with E-state index in [1.165, 1.54) is 38.2 Å². The van der Waals surface area contributed by atoms with Gasteiger partial charge < -0.3 is 20.5 Å². The zero-order valence-corrected chi connectivity index (χ0v) is 10.5. The van der Waals surface area contributed by atoms with E-state index in [0.717, 1.165) is 26.2 Å². The maximum Gasteiger partial charge on any atom is 0.105 e. The lowest BCUT2D eigenvalue weighted by Gasteiger charge is -2.27. The first-order valence-electron chi connectivity index (χ1n) is 6.76. The summed E-state index contributed by atoms with van der Waals surface area (Å²) in [6.07, 6.45) is 6.08. The Kier molecular flexibility index (Phi) is 5.39. The predicted molar refractivity (Wildman–Crippen MR) is 72.6 cm³/mol. The Bertz CT molecular complexity index is 262. The highest BCUT2D eigenvalue weighted by Crippen LogP contribution is 2.16. The van der Waals surface area contributed by atoms with Crippen LogP contribution in [-0.4, -0.2) is 44.3 Å². The monoisotopic (exact) mass is 236 g/mol. The highest BCUT2D eigenvalue weighted by atomic mass is 15.2. The minimum Gasteiger partial charge on any atom is -0.358 e. The summed E-state index contributed by atoms with van der Waals surface area (Å²) in [5.41, 5.74) is 0. The third kappa shape index (κ3) is 4.40. The van der Waals surface area contributed by atoms with E-state index in [0.29, 0.717) is 0 Å². The van der Waals surface area contributed by atoms with Gasteiger partial charge in [-0.3, -0.25) is 0 Å². The van der Waals surface area contributed by atoms with Crippen molar-refractivity contribution in [2.45, 2.75) is 19.3 Å². The number of aromatic nitrogens is 1. The summed E-state index contributed by atoms with van der Waals surface area (Å²) in [5, 5.41) is 6.44. The molecule has 2 fully saturated rings. The van der Waals surface area contributed by atoms with Crippen molar-refractivity contribution in [3.8, 4) is 0 Å². The van der Waals surface area contributed by atoms with Gasteiger partial charge in [-0.15, -0.1) is 0 Å². The lowest BCUT2D eigenvalue weighted by atomic mass is 10.1. The van der Waals surface area contributed by atoms with E-state index in [4.69, 9.17) is 0 Å². The second-order valence-electron chi connectivity index (χ2n) is 4.60. The van der Waals surface area contributed by atoms with Gasteiger partial charge in [0.05, 0.1) is 0 Å². The molecule has 0 bridgehead atoms. The molecule has 96 valence electrons. The molecule has 0 radical (unpaired) electrons. The zero-order chi connectivity index (χ0) is 11.8. The SMILES string of the molecule is C1CNCCN1.c1c[nH]c(N2CCCCC2)c1. The van der Waals surface area contributed by atoms with Crippen molar-refractivity contribution >= 4 is 5.82 Å². The van der Waals surface area contributed by atoms with Crippen molar-refractivity contribution in [1.82, 2.24) is 15.6 Å². The fourth-order valence-corrected chi connectivity index (χ4v) is 2.26. The standard InChI is InChI=1S/C9H14N2.C4H10N2/c1-2-7-11(8-3-1)9-5-4-6-10-9;1-2-6-4-3-5-1/h4-6,10H,1-3,7-8H2;5-6H,1-4H2. The Hall–Kier alpha value is -1.00. The molecular weight excluding hydrogens is 212 g/mol. The van der Waals surface area contributed by atoms with Crippen molar-refractivity contribution in [3.63, 3.8) is 0 Å². The molecule has 3 N–H and O–H groups in total. The molecule has 0 unspecified atom stereocenters. The van der Waals surface area contributed by atoms with Crippen LogP contribution in [0.15, 0.2) is 18.3 Å². The van der Waals surface area contributed by atoms with E-state index in [-0.39, 0.29) is 0 Å². The van der Waals surface area contributed by atoms with Gasteiger partial charge in [0.25, 0.3) is 0 Å². The van der Waals surface area contributed by atoms with Gasteiger partial charge >= 0.3 is 0 Å². The Morgan fingerprint density at radius 1 is 0.882 bits per heavy atom. The number of aromatic amines is 1. The van der Waals surface area contributed by atoms with Crippen LogP contribution in [0.3, 0.4) is 0 Å². The van der Waals surface area contributed by atoms with Gasteiger partial charge in [-0.25, -0.2) is 0 Å². The van der Waals surface area contributed by atoms with Gasteiger partial charge in [0, 0.05) is 45.5 Å². The van der Waals surface area contributed by atoms with E-state index >= 15 is 0 Å². The maximum absolute atomic E-state index is 3.23. The van der Waals surface area contributed by atoms with Crippen LogP contribution in [0.1, 0.15) is 19.3 Å².